The summed E-state index contributed by atoms with van der Waals surface area (Å²) in [6.07, 6.45) is 5.31. The van der Waals surface area contributed by atoms with Gasteiger partial charge in [-0.15, -0.1) is 11.3 Å². The molecule has 0 saturated heterocycles. The van der Waals surface area contributed by atoms with E-state index in [0.29, 0.717) is 18.0 Å². The van der Waals surface area contributed by atoms with Crippen LogP contribution >= 0.6 is 11.3 Å². The van der Waals surface area contributed by atoms with Crippen molar-refractivity contribution in [2.24, 2.45) is 0 Å². The Kier molecular flexibility index (Phi) is 7.77. The second-order valence-electron chi connectivity index (χ2n) is 9.91. The van der Waals surface area contributed by atoms with Gasteiger partial charge in [0.15, 0.2) is 18.1 Å². The number of para-hydroxylation sites is 2. The molecular weight excluding hydrogens is 520 g/mol. The van der Waals surface area contributed by atoms with Gasteiger partial charge in [-0.25, -0.2) is 4.98 Å². The normalized spacial score (nSPS) is 12.7. The summed E-state index contributed by atoms with van der Waals surface area (Å²) in [6.45, 7) is 1.25. The third-order valence-electron chi connectivity index (χ3n) is 7.21. The molecule has 5 aromatic rings. The van der Waals surface area contributed by atoms with E-state index in [0.717, 1.165) is 52.1 Å². The Balaban J connectivity index is 1.01. The fourth-order valence-corrected chi connectivity index (χ4v) is 6.18. The largest absolute Gasteiger partial charge is 0.493 e. The fourth-order valence-electron chi connectivity index (χ4n) is 5.21. The van der Waals surface area contributed by atoms with Gasteiger partial charge in [-0.2, -0.15) is 0 Å². The number of ether oxygens (including phenoxy) is 2. The number of nitrogens with one attached hydrogen (secondary N) is 2. The van der Waals surface area contributed by atoms with E-state index >= 15 is 0 Å². The van der Waals surface area contributed by atoms with Crippen LogP contribution in [0.15, 0.2) is 66.7 Å². The highest BCUT2D eigenvalue weighted by molar-refractivity contribution is 7.21. The van der Waals surface area contributed by atoms with Crippen molar-refractivity contribution in [1.82, 2.24) is 15.3 Å². The van der Waals surface area contributed by atoms with E-state index in [1.807, 2.05) is 42.5 Å². The lowest BCUT2D eigenvalue weighted by molar-refractivity contribution is -0.123. The molecule has 0 atom stereocenters. The number of methoxy groups -OCH3 is 1. The van der Waals surface area contributed by atoms with Crippen molar-refractivity contribution in [3.8, 4) is 22.1 Å². The van der Waals surface area contributed by atoms with Crippen molar-refractivity contribution in [3.05, 3.63) is 78.0 Å². The predicted octanol–water partition coefficient (Wildman–Crippen LogP) is 6.40. The van der Waals surface area contributed by atoms with E-state index in [1.54, 1.807) is 18.4 Å². The molecule has 40 heavy (non-hydrogen) atoms. The fraction of sp³-hybridized carbons (Fsp3) is 0.281. The standard InChI is InChI=1S/C32H32N4O3S/c1-38-28-19-21(32-36-26-13-6-7-14-29(26)40-32)15-16-27(28)39-20-30(37)33-17-8-18-34-31-22-9-2-4-11-24(22)35-25-12-5-3-10-23(25)31/h2,4,6-7,9,11,13-16,19H,3,5,8,10,12,17-18,20H2,1H3,(H,33,37)(H,34,35). The predicted molar refractivity (Wildman–Crippen MR) is 162 cm³/mol. The van der Waals surface area contributed by atoms with Crippen LogP contribution in [0.5, 0.6) is 11.5 Å². The highest BCUT2D eigenvalue weighted by Gasteiger charge is 2.18. The molecule has 0 radical (unpaired) electrons. The molecule has 1 aliphatic carbocycles. The van der Waals surface area contributed by atoms with Gasteiger partial charge in [0.05, 0.1) is 22.8 Å². The lowest BCUT2D eigenvalue weighted by Gasteiger charge is -2.21. The third kappa shape index (κ3) is 5.58. The molecule has 1 amide bonds. The zero-order valence-electron chi connectivity index (χ0n) is 22.5. The molecule has 0 aliphatic heterocycles. The summed E-state index contributed by atoms with van der Waals surface area (Å²) in [5.74, 6) is 0.934. The summed E-state index contributed by atoms with van der Waals surface area (Å²) in [6, 6.07) is 22.1. The van der Waals surface area contributed by atoms with Gasteiger partial charge in [-0.05, 0) is 74.1 Å². The zero-order chi connectivity index (χ0) is 27.3. The number of aryl methyl sites for hydroxylation is 1. The quantitative estimate of drug-likeness (QED) is 0.195. The molecule has 0 spiro atoms. The molecule has 1 aliphatic rings. The smallest absolute Gasteiger partial charge is 0.257 e. The average molecular weight is 553 g/mol. The van der Waals surface area contributed by atoms with Crippen LogP contribution in [0, 0.1) is 0 Å². The maximum Gasteiger partial charge on any atom is 0.257 e. The van der Waals surface area contributed by atoms with Crippen molar-refractivity contribution in [2.45, 2.75) is 32.1 Å². The number of carbonyl (C=O) groups is 1. The first kappa shape index (κ1) is 26.1. The number of benzene rings is 3. The van der Waals surface area contributed by atoms with Gasteiger partial charge < -0.3 is 20.1 Å². The van der Waals surface area contributed by atoms with E-state index in [1.165, 1.54) is 35.2 Å². The second-order valence-corrected chi connectivity index (χ2v) is 10.9. The van der Waals surface area contributed by atoms with Crippen molar-refractivity contribution in [2.75, 3.05) is 32.1 Å². The van der Waals surface area contributed by atoms with Gasteiger partial charge in [-0.1, -0.05) is 30.3 Å². The number of fused-ring (bicyclic) bond motifs is 3. The van der Waals surface area contributed by atoms with E-state index in [9.17, 15) is 4.79 Å². The first-order valence-electron chi connectivity index (χ1n) is 13.8. The Bertz CT molecular complexity index is 1630. The number of aromatic nitrogens is 2. The van der Waals surface area contributed by atoms with E-state index in [2.05, 4.69) is 34.9 Å². The van der Waals surface area contributed by atoms with Crippen LogP contribution in [0.25, 0.3) is 31.7 Å². The summed E-state index contributed by atoms with van der Waals surface area (Å²) >= 11 is 1.63. The van der Waals surface area contributed by atoms with Gasteiger partial charge in [0.2, 0.25) is 0 Å². The maximum absolute atomic E-state index is 12.5. The van der Waals surface area contributed by atoms with Crippen LogP contribution in [-0.2, 0) is 17.6 Å². The number of hydrogen-bond donors (Lipinski definition) is 2. The first-order chi connectivity index (χ1) is 19.7. The summed E-state index contributed by atoms with van der Waals surface area (Å²) in [5, 5.41) is 8.69. The minimum Gasteiger partial charge on any atom is -0.493 e. The molecule has 7 nitrogen and oxygen atoms in total. The van der Waals surface area contributed by atoms with Gasteiger partial charge in [0.25, 0.3) is 5.91 Å². The summed E-state index contributed by atoms with van der Waals surface area (Å²) < 4.78 is 12.5. The van der Waals surface area contributed by atoms with Crippen molar-refractivity contribution in [1.29, 1.82) is 0 Å². The molecule has 2 heterocycles. The Morgan fingerprint density at radius 2 is 1.75 bits per heavy atom. The van der Waals surface area contributed by atoms with Gasteiger partial charge in [-0.3, -0.25) is 9.78 Å². The van der Waals surface area contributed by atoms with E-state index in [4.69, 9.17) is 19.4 Å². The van der Waals surface area contributed by atoms with Gasteiger partial charge in [0, 0.05) is 35.4 Å². The number of nitrogens with zero attached hydrogens (tertiary/aromatic N) is 2. The van der Waals surface area contributed by atoms with Crippen LogP contribution in [-0.4, -0.2) is 42.7 Å². The average Bonchev–Trinajstić information content (AvgIpc) is 3.44. The Hall–Kier alpha value is -4.17. The molecule has 3 aromatic carbocycles. The van der Waals surface area contributed by atoms with Gasteiger partial charge >= 0.3 is 0 Å². The van der Waals surface area contributed by atoms with Crippen LogP contribution in [0.3, 0.4) is 0 Å². The zero-order valence-corrected chi connectivity index (χ0v) is 23.4. The molecule has 0 unspecified atom stereocenters. The molecule has 2 aromatic heterocycles. The molecule has 204 valence electrons. The third-order valence-corrected chi connectivity index (χ3v) is 8.30. The van der Waals surface area contributed by atoms with E-state index < -0.39 is 0 Å². The Morgan fingerprint density at radius 1 is 0.925 bits per heavy atom. The highest BCUT2D eigenvalue weighted by Crippen LogP contribution is 2.36. The van der Waals surface area contributed by atoms with Crippen molar-refractivity contribution in [3.63, 3.8) is 0 Å². The molecule has 6 rings (SSSR count). The number of pyridine rings is 1. The monoisotopic (exact) mass is 552 g/mol. The summed E-state index contributed by atoms with van der Waals surface area (Å²) in [4.78, 5) is 22.1. The minimum atomic E-state index is -0.163. The SMILES string of the molecule is COc1cc(-c2nc3ccccc3s2)ccc1OCC(=O)NCCCNc1c2c(nc3ccccc13)CCCC2. The molecule has 0 bridgehead atoms. The molecule has 0 fully saturated rings. The number of amides is 1. The number of carbonyl (C=O) groups excluding carboxylic acids is 1. The summed E-state index contributed by atoms with van der Waals surface area (Å²) in [5.41, 5.74) is 6.75. The van der Waals surface area contributed by atoms with Crippen molar-refractivity contribution < 1.29 is 14.3 Å². The van der Waals surface area contributed by atoms with Crippen LogP contribution in [0.4, 0.5) is 5.69 Å². The Morgan fingerprint density at radius 3 is 2.62 bits per heavy atom. The van der Waals surface area contributed by atoms with Crippen LogP contribution in [0.1, 0.15) is 30.5 Å². The Labute approximate surface area is 237 Å². The first-order valence-corrected chi connectivity index (χ1v) is 14.6. The van der Waals surface area contributed by atoms with E-state index in [-0.39, 0.29) is 12.5 Å². The number of anilines is 1. The molecule has 8 heteroatoms. The lowest BCUT2D eigenvalue weighted by Crippen LogP contribution is -2.30. The lowest BCUT2D eigenvalue weighted by atomic mass is 9.92. The van der Waals surface area contributed by atoms with Gasteiger partial charge in [0.1, 0.15) is 5.01 Å². The topological polar surface area (TPSA) is 85.4 Å². The number of rotatable bonds is 10. The van der Waals surface area contributed by atoms with Crippen LogP contribution in [0.2, 0.25) is 0 Å². The highest BCUT2D eigenvalue weighted by atomic mass is 32.1. The second kappa shape index (κ2) is 11.9. The minimum absolute atomic E-state index is 0.0766. The molecular formula is C32H32N4O3S. The maximum atomic E-state index is 12.5. The molecule has 0 saturated carbocycles. The van der Waals surface area contributed by atoms with Crippen molar-refractivity contribution >= 4 is 44.1 Å². The molecule has 2 N–H and O–H groups in total. The van der Waals surface area contributed by atoms with Crippen LogP contribution < -0.4 is 20.1 Å². The number of thiazole rings is 1. The summed E-state index contributed by atoms with van der Waals surface area (Å²) in [7, 11) is 1.60. The number of hydrogen-bond acceptors (Lipinski definition) is 7.